The number of carbonyl (C=O) groups is 1. The molecule has 1 N–H and O–H groups in total. The Hall–Kier alpha value is -2.37. The number of aryl methyl sites for hydroxylation is 1. The summed E-state index contributed by atoms with van der Waals surface area (Å²) in [5, 5.41) is 8.78. The van der Waals surface area contributed by atoms with Gasteiger partial charge in [0.2, 0.25) is 11.7 Å². The molecular formula is C12H10FNO4. The largest absolute Gasteiger partial charge is 0.484 e. The second kappa shape index (κ2) is 4.87. The third-order valence-electron chi connectivity index (χ3n) is 2.19. The molecule has 0 aliphatic carbocycles. The zero-order chi connectivity index (χ0) is 13.1. The minimum atomic E-state index is -1.18. The third-order valence-corrected chi connectivity index (χ3v) is 2.19. The fourth-order valence-electron chi connectivity index (χ4n) is 1.41. The summed E-state index contributed by atoms with van der Waals surface area (Å²) in [6.45, 7) is 1.47. The molecule has 0 aliphatic rings. The number of nitrogens with zero attached hydrogens (tertiary/aromatic N) is 1. The highest BCUT2D eigenvalue weighted by atomic mass is 19.1. The molecule has 0 radical (unpaired) electrons. The molecule has 1 aromatic carbocycles. The molecule has 2 rings (SSSR count). The van der Waals surface area contributed by atoms with E-state index in [1.807, 2.05) is 0 Å². The number of aromatic nitrogens is 1. The Balaban J connectivity index is 2.06. The van der Waals surface area contributed by atoms with Crippen LogP contribution in [0.1, 0.15) is 22.1 Å². The number of benzene rings is 1. The lowest BCUT2D eigenvalue weighted by molar-refractivity contribution is 0.0657. The smallest absolute Gasteiger partial charge is 0.373 e. The molecule has 0 spiro atoms. The number of rotatable bonds is 4. The van der Waals surface area contributed by atoms with Gasteiger partial charge < -0.3 is 14.3 Å². The lowest BCUT2D eigenvalue weighted by atomic mass is 10.3. The van der Waals surface area contributed by atoms with Crippen LogP contribution >= 0.6 is 0 Å². The summed E-state index contributed by atoms with van der Waals surface area (Å²) in [5.41, 5.74) is 0.278. The summed E-state index contributed by atoms with van der Waals surface area (Å²) in [7, 11) is 0. The minimum Gasteiger partial charge on any atom is -0.484 e. The molecule has 0 unspecified atom stereocenters. The van der Waals surface area contributed by atoms with Crippen LogP contribution in [0.5, 0.6) is 5.75 Å². The van der Waals surface area contributed by atoms with Crippen molar-refractivity contribution in [1.29, 1.82) is 0 Å². The van der Waals surface area contributed by atoms with Gasteiger partial charge in [-0.15, -0.1) is 0 Å². The molecule has 0 aliphatic heterocycles. The van der Waals surface area contributed by atoms with E-state index in [9.17, 15) is 9.18 Å². The summed E-state index contributed by atoms with van der Waals surface area (Å²) in [6.07, 6.45) is 0. The van der Waals surface area contributed by atoms with Crippen molar-refractivity contribution in [2.45, 2.75) is 13.5 Å². The van der Waals surface area contributed by atoms with Crippen LogP contribution in [0, 0.1) is 12.7 Å². The van der Waals surface area contributed by atoms with Gasteiger partial charge in [0.1, 0.15) is 11.6 Å². The molecule has 1 heterocycles. The van der Waals surface area contributed by atoms with Gasteiger partial charge >= 0.3 is 5.97 Å². The van der Waals surface area contributed by atoms with E-state index in [4.69, 9.17) is 14.3 Å². The normalized spacial score (nSPS) is 10.3. The van der Waals surface area contributed by atoms with Gasteiger partial charge in [-0.1, -0.05) is 6.07 Å². The van der Waals surface area contributed by atoms with Gasteiger partial charge in [0.25, 0.3) is 0 Å². The number of aromatic carboxylic acids is 1. The van der Waals surface area contributed by atoms with Gasteiger partial charge in [-0.2, -0.15) is 0 Å². The Bertz CT molecular complexity index is 579. The number of hydrogen-bond donors (Lipinski definition) is 1. The SMILES string of the molecule is Cc1nc(COc2cccc(F)c2)oc1C(=O)O. The van der Waals surface area contributed by atoms with E-state index in [1.54, 1.807) is 6.07 Å². The quantitative estimate of drug-likeness (QED) is 0.903. The zero-order valence-corrected chi connectivity index (χ0v) is 9.51. The Morgan fingerprint density at radius 1 is 1.56 bits per heavy atom. The van der Waals surface area contributed by atoms with Gasteiger partial charge in [0, 0.05) is 6.07 Å². The van der Waals surface area contributed by atoms with Crippen molar-refractivity contribution in [3.8, 4) is 5.75 Å². The van der Waals surface area contributed by atoms with Crippen LogP contribution < -0.4 is 4.74 Å². The fourth-order valence-corrected chi connectivity index (χ4v) is 1.41. The number of oxazole rings is 1. The van der Waals surface area contributed by atoms with Crippen molar-refractivity contribution in [2.75, 3.05) is 0 Å². The van der Waals surface area contributed by atoms with Gasteiger partial charge in [0.05, 0.1) is 5.69 Å². The molecule has 5 nitrogen and oxygen atoms in total. The van der Waals surface area contributed by atoms with E-state index in [2.05, 4.69) is 4.98 Å². The molecule has 1 aromatic heterocycles. The predicted molar refractivity (Wildman–Crippen MR) is 58.9 cm³/mol. The lowest BCUT2D eigenvalue weighted by Gasteiger charge is -2.02. The van der Waals surface area contributed by atoms with Gasteiger partial charge in [-0.3, -0.25) is 0 Å². The van der Waals surface area contributed by atoms with E-state index in [0.717, 1.165) is 0 Å². The second-order valence-corrected chi connectivity index (χ2v) is 3.57. The number of halogens is 1. The third kappa shape index (κ3) is 2.65. The molecule has 2 aromatic rings. The maximum absolute atomic E-state index is 12.9. The van der Waals surface area contributed by atoms with Gasteiger partial charge in [-0.05, 0) is 19.1 Å². The standard InChI is InChI=1S/C12H10FNO4/c1-7-11(12(15)16)18-10(14-7)6-17-9-4-2-3-8(13)5-9/h2-5H,6H2,1H3,(H,15,16). The molecule has 0 saturated carbocycles. The summed E-state index contributed by atoms with van der Waals surface area (Å²) < 4.78 is 23.1. The first-order valence-electron chi connectivity index (χ1n) is 5.14. The van der Waals surface area contributed by atoms with Crippen LogP contribution in [0.3, 0.4) is 0 Å². The van der Waals surface area contributed by atoms with Crippen LogP contribution in [0.15, 0.2) is 28.7 Å². The summed E-state index contributed by atoms with van der Waals surface area (Å²) in [6, 6.07) is 5.60. The summed E-state index contributed by atoms with van der Waals surface area (Å²) in [4.78, 5) is 14.6. The maximum Gasteiger partial charge on any atom is 0.373 e. The summed E-state index contributed by atoms with van der Waals surface area (Å²) >= 11 is 0. The van der Waals surface area contributed by atoms with E-state index in [0.29, 0.717) is 5.75 Å². The monoisotopic (exact) mass is 251 g/mol. The Morgan fingerprint density at radius 3 is 2.94 bits per heavy atom. The Morgan fingerprint density at radius 2 is 2.33 bits per heavy atom. The van der Waals surface area contributed by atoms with Crippen molar-refractivity contribution in [3.05, 3.63) is 47.4 Å². The van der Waals surface area contributed by atoms with E-state index in [-0.39, 0.29) is 24.0 Å². The number of carboxylic acid groups (broad SMARTS) is 1. The van der Waals surface area contributed by atoms with E-state index < -0.39 is 11.8 Å². The Labute approximate surface area is 102 Å². The van der Waals surface area contributed by atoms with Gasteiger partial charge in [-0.25, -0.2) is 14.2 Å². The molecule has 0 atom stereocenters. The fraction of sp³-hybridized carbons (Fsp3) is 0.167. The molecule has 6 heteroatoms. The van der Waals surface area contributed by atoms with Crippen molar-refractivity contribution in [3.63, 3.8) is 0 Å². The molecule has 0 fully saturated rings. The van der Waals surface area contributed by atoms with Crippen molar-refractivity contribution in [2.24, 2.45) is 0 Å². The summed E-state index contributed by atoms with van der Waals surface area (Å²) in [5.74, 6) is -1.36. The molecule has 0 saturated heterocycles. The highest BCUT2D eigenvalue weighted by molar-refractivity contribution is 5.85. The van der Waals surface area contributed by atoms with Crippen molar-refractivity contribution >= 4 is 5.97 Å². The van der Waals surface area contributed by atoms with Crippen LogP contribution in [0.4, 0.5) is 4.39 Å². The van der Waals surface area contributed by atoms with Crippen LogP contribution in [0.25, 0.3) is 0 Å². The van der Waals surface area contributed by atoms with Crippen LogP contribution in [0.2, 0.25) is 0 Å². The topological polar surface area (TPSA) is 72.6 Å². The number of ether oxygens (including phenoxy) is 1. The molecule has 0 amide bonds. The first-order valence-corrected chi connectivity index (χ1v) is 5.14. The van der Waals surface area contributed by atoms with Crippen molar-refractivity contribution < 1.29 is 23.4 Å². The number of carboxylic acids is 1. The first-order chi connectivity index (χ1) is 8.56. The first kappa shape index (κ1) is 12.1. The van der Waals surface area contributed by atoms with Crippen molar-refractivity contribution in [1.82, 2.24) is 4.98 Å². The highest BCUT2D eigenvalue weighted by Gasteiger charge is 2.16. The highest BCUT2D eigenvalue weighted by Crippen LogP contribution is 2.15. The average Bonchev–Trinajstić information content (AvgIpc) is 2.68. The zero-order valence-electron chi connectivity index (χ0n) is 9.51. The second-order valence-electron chi connectivity index (χ2n) is 3.57. The van der Waals surface area contributed by atoms with E-state index in [1.165, 1.54) is 25.1 Å². The minimum absolute atomic E-state index is 0.0580. The average molecular weight is 251 g/mol. The number of hydrogen-bond acceptors (Lipinski definition) is 4. The van der Waals surface area contributed by atoms with Gasteiger partial charge in [0.15, 0.2) is 6.61 Å². The molecule has 18 heavy (non-hydrogen) atoms. The predicted octanol–water partition coefficient (Wildman–Crippen LogP) is 2.40. The Kier molecular flexibility index (Phi) is 3.27. The van der Waals surface area contributed by atoms with E-state index >= 15 is 0 Å². The molecular weight excluding hydrogens is 241 g/mol. The molecule has 0 bridgehead atoms. The maximum atomic E-state index is 12.9. The lowest BCUT2D eigenvalue weighted by Crippen LogP contribution is -1.96. The van der Waals surface area contributed by atoms with Crippen LogP contribution in [-0.4, -0.2) is 16.1 Å². The van der Waals surface area contributed by atoms with Crippen LogP contribution in [-0.2, 0) is 6.61 Å². The molecule has 94 valence electrons.